The Morgan fingerprint density at radius 1 is 1.32 bits per heavy atom. The van der Waals surface area contributed by atoms with Crippen LogP contribution >= 0.6 is 0 Å². The molecule has 1 fully saturated rings. The average Bonchev–Trinajstić information content (AvgIpc) is 2.41. The fourth-order valence-electron chi connectivity index (χ4n) is 3.81. The van der Waals surface area contributed by atoms with Crippen LogP contribution in [0.15, 0.2) is 12.7 Å². The maximum Gasteiger partial charge on any atom is 0.372 e. The average molecular weight is 287 g/mol. The molecule has 1 heterocycles. The highest BCUT2D eigenvalue weighted by molar-refractivity contribution is 6.71. The molecule has 2 atom stereocenters. The van der Waals surface area contributed by atoms with Crippen LogP contribution in [-0.2, 0) is 13.6 Å². The van der Waals surface area contributed by atoms with Crippen molar-refractivity contribution >= 4 is 8.56 Å². The Bertz CT molecular complexity index is 309. The van der Waals surface area contributed by atoms with Gasteiger partial charge in [-0.1, -0.05) is 19.4 Å². The Balaban J connectivity index is 3.35. The van der Waals surface area contributed by atoms with Gasteiger partial charge in [0.1, 0.15) is 5.22 Å². The summed E-state index contributed by atoms with van der Waals surface area (Å²) in [4.78, 5) is 0. The van der Waals surface area contributed by atoms with E-state index in [4.69, 9.17) is 19.3 Å². The van der Waals surface area contributed by atoms with Gasteiger partial charge in [0, 0.05) is 21.3 Å². The Kier molecular flexibility index (Phi) is 5.76. The Hall–Kier alpha value is -0.203. The number of ether oxygens (including phenoxy) is 1. The molecule has 5 heteroatoms. The highest BCUT2D eigenvalue weighted by atomic mass is 28.4. The Morgan fingerprint density at radius 2 is 1.95 bits per heavy atom. The first-order valence-electron chi connectivity index (χ1n) is 7.06. The lowest BCUT2D eigenvalue weighted by atomic mass is 9.81. The molecule has 1 rings (SSSR count). The van der Waals surface area contributed by atoms with Crippen molar-refractivity contribution in [3.05, 3.63) is 12.7 Å². The van der Waals surface area contributed by atoms with Gasteiger partial charge in [0.05, 0.1) is 5.54 Å². The van der Waals surface area contributed by atoms with E-state index in [0.29, 0.717) is 0 Å². The summed E-state index contributed by atoms with van der Waals surface area (Å²) in [6.07, 6.45) is 6.41. The molecule has 0 bridgehead atoms. The van der Waals surface area contributed by atoms with Gasteiger partial charge in [-0.05, 0) is 31.7 Å². The smallest absolute Gasteiger partial charge is 0.372 e. The van der Waals surface area contributed by atoms with Crippen LogP contribution < -0.4 is 5.73 Å². The van der Waals surface area contributed by atoms with Gasteiger partial charge in [-0.2, -0.15) is 0 Å². The predicted octanol–water partition coefficient (Wildman–Crippen LogP) is 2.51. The fraction of sp³-hybridized carbons (Fsp3) is 0.857. The van der Waals surface area contributed by atoms with Gasteiger partial charge in [0.15, 0.2) is 0 Å². The van der Waals surface area contributed by atoms with Crippen LogP contribution in [0.25, 0.3) is 0 Å². The molecule has 2 unspecified atom stereocenters. The zero-order valence-electron chi connectivity index (χ0n) is 12.8. The zero-order chi connectivity index (χ0) is 14.6. The van der Waals surface area contributed by atoms with Gasteiger partial charge >= 0.3 is 8.56 Å². The summed E-state index contributed by atoms with van der Waals surface area (Å²) in [6, 6.07) is 0.934. The molecule has 2 N–H and O–H groups in total. The molecule has 1 saturated heterocycles. The molecular formula is C14H29NO3Si. The second-order valence-electron chi connectivity index (χ2n) is 5.44. The first kappa shape index (κ1) is 16.9. The van der Waals surface area contributed by atoms with Crippen molar-refractivity contribution in [1.29, 1.82) is 0 Å². The quantitative estimate of drug-likeness (QED) is 0.577. The third-order valence-electron chi connectivity index (χ3n) is 4.67. The van der Waals surface area contributed by atoms with Crippen LogP contribution in [0.1, 0.15) is 39.0 Å². The maximum atomic E-state index is 6.75. The summed E-state index contributed by atoms with van der Waals surface area (Å²) < 4.78 is 17.8. The van der Waals surface area contributed by atoms with E-state index in [-0.39, 0.29) is 0 Å². The van der Waals surface area contributed by atoms with Crippen LogP contribution in [0.4, 0.5) is 0 Å². The third-order valence-corrected chi connectivity index (χ3v) is 9.18. The summed E-state index contributed by atoms with van der Waals surface area (Å²) in [5.74, 6) is 0. The van der Waals surface area contributed by atoms with Gasteiger partial charge in [0.2, 0.25) is 0 Å². The Morgan fingerprint density at radius 3 is 2.37 bits per heavy atom. The van der Waals surface area contributed by atoms with E-state index in [2.05, 4.69) is 13.5 Å². The molecule has 1 aliphatic rings. The highest BCUT2D eigenvalue weighted by Crippen LogP contribution is 2.49. The topological polar surface area (TPSA) is 53.7 Å². The third kappa shape index (κ3) is 2.42. The summed E-state index contributed by atoms with van der Waals surface area (Å²) in [5, 5.41) is -0.509. The lowest BCUT2D eigenvalue weighted by molar-refractivity contribution is -0.0662. The predicted molar refractivity (Wildman–Crippen MR) is 80.2 cm³/mol. The van der Waals surface area contributed by atoms with Crippen LogP contribution in [0.3, 0.4) is 0 Å². The SMILES string of the molecule is C=CCC1(N)CCC[Si](OC)(OC)C1(CCC)OC. The van der Waals surface area contributed by atoms with Crippen molar-refractivity contribution < 1.29 is 13.6 Å². The number of hydrogen-bond acceptors (Lipinski definition) is 4. The van der Waals surface area contributed by atoms with Crippen LogP contribution in [0.5, 0.6) is 0 Å². The van der Waals surface area contributed by atoms with Gasteiger partial charge in [-0.25, -0.2) is 0 Å². The van der Waals surface area contributed by atoms with Gasteiger partial charge in [-0.15, -0.1) is 6.58 Å². The lowest BCUT2D eigenvalue weighted by Gasteiger charge is -2.57. The van der Waals surface area contributed by atoms with Gasteiger partial charge in [0.25, 0.3) is 0 Å². The monoisotopic (exact) mass is 287 g/mol. The lowest BCUT2D eigenvalue weighted by Crippen LogP contribution is -2.78. The number of nitrogens with two attached hydrogens (primary N) is 1. The van der Waals surface area contributed by atoms with E-state index in [1.807, 2.05) is 6.08 Å². The number of hydrogen-bond donors (Lipinski definition) is 1. The fourth-order valence-corrected chi connectivity index (χ4v) is 8.02. The summed E-state index contributed by atoms with van der Waals surface area (Å²) in [7, 11) is 2.71. The normalized spacial score (nSPS) is 34.2. The van der Waals surface area contributed by atoms with Gasteiger partial charge in [-0.3, -0.25) is 0 Å². The molecule has 19 heavy (non-hydrogen) atoms. The largest absolute Gasteiger partial charge is 0.396 e. The molecule has 0 aromatic rings. The molecule has 0 aromatic carbocycles. The van der Waals surface area contributed by atoms with Gasteiger partial charge < -0.3 is 19.3 Å². The van der Waals surface area contributed by atoms with Crippen molar-refractivity contribution in [2.45, 2.75) is 55.8 Å². The van der Waals surface area contributed by atoms with Crippen molar-refractivity contribution in [3.8, 4) is 0 Å². The molecular weight excluding hydrogens is 258 g/mol. The van der Waals surface area contributed by atoms with Crippen molar-refractivity contribution in [2.24, 2.45) is 5.73 Å². The minimum atomic E-state index is -2.50. The summed E-state index contributed by atoms with van der Waals surface area (Å²) in [6.45, 7) is 6.00. The molecule has 4 nitrogen and oxygen atoms in total. The van der Waals surface area contributed by atoms with Crippen molar-refractivity contribution in [3.63, 3.8) is 0 Å². The first-order chi connectivity index (χ1) is 9.01. The Labute approximate surface area is 118 Å². The van der Waals surface area contributed by atoms with E-state index < -0.39 is 19.3 Å². The molecule has 0 radical (unpaired) electrons. The summed E-state index contributed by atoms with van der Waals surface area (Å²) >= 11 is 0. The second kappa shape index (κ2) is 6.50. The first-order valence-corrected chi connectivity index (χ1v) is 9.09. The van der Waals surface area contributed by atoms with E-state index in [0.717, 1.165) is 38.1 Å². The molecule has 1 aliphatic heterocycles. The van der Waals surface area contributed by atoms with E-state index >= 15 is 0 Å². The van der Waals surface area contributed by atoms with E-state index in [1.165, 1.54) is 0 Å². The zero-order valence-corrected chi connectivity index (χ0v) is 13.8. The number of rotatable bonds is 7. The van der Waals surface area contributed by atoms with Crippen LogP contribution in [0.2, 0.25) is 6.04 Å². The molecule has 112 valence electrons. The molecule has 0 saturated carbocycles. The molecule has 0 amide bonds. The van der Waals surface area contributed by atoms with Crippen LogP contribution in [0, 0.1) is 0 Å². The molecule has 0 spiro atoms. The summed E-state index contributed by atoms with van der Waals surface area (Å²) in [5.41, 5.74) is 6.30. The standard InChI is InChI=1S/C14H29NO3Si/c1-6-9-13(15)11-8-12-19(17-4,18-5)14(13,16-3)10-7-2/h6H,1,7-12,15H2,2-5H3. The maximum absolute atomic E-state index is 6.75. The minimum absolute atomic E-state index is 0.448. The molecule has 0 aliphatic carbocycles. The van der Waals surface area contributed by atoms with E-state index in [1.54, 1.807) is 21.3 Å². The minimum Gasteiger partial charge on any atom is -0.396 e. The van der Waals surface area contributed by atoms with Crippen molar-refractivity contribution in [1.82, 2.24) is 0 Å². The van der Waals surface area contributed by atoms with E-state index in [9.17, 15) is 0 Å². The highest BCUT2D eigenvalue weighted by Gasteiger charge is 2.67. The molecule has 0 aromatic heterocycles. The van der Waals surface area contributed by atoms with Crippen molar-refractivity contribution in [2.75, 3.05) is 21.3 Å². The number of methoxy groups -OCH3 is 1. The van der Waals surface area contributed by atoms with Crippen LogP contribution in [-0.4, -0.2) is 40.7 Å². The second-order valence-corrected chi connectivity index (χ2v) is 9.07.